The van der Waals surface area contributed by atoms with E-state index in [0.29, 0.717) is 0 Å². The predicted octanol–water partition coefficient (Wildman–Crippen LogP) is 2.87. The average molecular weight is 277 g/mol. The Morgan fingerprint density at radius 2 is 2.00 bits per heavy atom. The Hall–Kier alpha value is -1.16. The van der Waals surface area contributed by atoms with Gasteiger partial charge in [0.15, 0.2) is 0 Å². The minimum absolute atomic E-state index is 0.442. The topological polar surface area (TPSA) is 49.2 Å². The van der Waals surface area contributed by atoms with E-state index in [1.165, 1.54) is 0 Å². The Kier molecular flexibility index (Phi) is 4.97. The summed E-state index contributed by atoms with van der Waals surface area (Å²) in [4.78, 5) is 11.2. The van der Waals surface area contributed by atoms with Crippen molar-refractivity contribution in [1.29, 1.82) is 0 Å². The smallest absolute Gasteiger partial charge is 0.132 e. The van der Waals surface area contributed by atoms with E-state index >= 15 is 0 Å². The molecule has 4 nitrogen and oxygen atoms in total. The van der Waals surface area contributed by atoms with Crippen LogP contribution in [0.4, 0.5) is 5.82 Å². The Labute approximate surface area is 122 Å². The first kappa shape index (κ1) is 15.2. The minimum atomic E-state index is -0.442. The third-order valence-electron chi connectivity index (χ3n) is 4.20. The highest BCUT2D eigenvalue weighted by molar-refractivity contribution is 5.38. The molecule has 0 unspecified atom stereocenters. The second-order valence-electron chi connectivity index (χ2n) is 6.14. The average Bonchev–Trinajstić information content (AvgIpc) is 2.83. The van der Waals surface area contributed by atoms with Gasteiger partial charge in [0.05, 0.1) is 5.60 Å². The first-order valence-electron chi connectivity index (χ1n) is 7.80. The van der Waals surface area contributed by atoms with E-state index in [0.717, 1.165) is 68.8 Å². The number of aromatic nitrogens is 2. The van der Waals surface area contributed by atoms with Crippen molar-refractivity contribution in [3.63, 3.8) is 0 Å². The standard InChI is InChI=1S/C16H27N3O/c1-4-7-14-17-13(2)12-15(18-14)19(3)11-10-16(20)8-5-6-9-16/h12,20H,4-11H2,1-3H3. The summed E-state index contributed by atoms with van der Waals surface area (Å²) in [5, 5.41) is 10.4. The number of aryl methyl sites for hydroxylation is 2. The van der Waals surface area contributed by atoms with Gasteiger partial charge in [0, 0.05) is 31.8 Å². The molecule has 20 heavy (non-hydrogen) atoms. The van der Waals surface area contributed by atoms with Crippen LogP contribution in [0.2, 0.25) is 0 Å². The Bertz CT molecular complexity index is 441. The molecule has 0 aromatic carbocycles. The fourth-order valence-corrected chi connectivity index (χ4v) is 2.92. The summed E-state index contributed by atoms with van der Waals surface area (Å²) in [6.45, 7) is 5.01. The van der Waals surface area contributed by atoms with Gasteiger partial charge in [-0.25, -0.2) is 9.97 Å². The summed E-state index contributed by atoms with van der Waals surface area (Å²) < 4.78 is 0. The lowest BCUT2D eigenvalue weighted by atomic mass is 9.98. The maximum atomic E-state index is 10.4. The van der Waals surface area contributed by atoms with Crippen molar-refractivity contribution in [3.05, 3.63) is 17.6 Å². The molecule has 0 atom stereocenters. The number of hydrogen-bond acceptors (Lipinski definition) is 4. The van der Waals surface area contributed by atoms with Gasteiger partial charge in [-0.05, 0) is 32.6 Å². The Balaban J connectivity index is 1.99. The number of rotatable bonds is 6. The molecule has 1 aliphatic carbocycles. The summed E-state index contributed by atoms with van der Waals surface area (Å²) in [6, 6.07) is 2.03. The lowest BCUT2D eigenvalue weighted by molar-refractivity contribution is 0.0410. The summed E-state index contributed by atoms with van der Waals surface area (Å²) in [6.07, 6.45) is 7.03. The zero-order valence-electron chi connectivity index (χ0n) is 13.0. The molecule has 0 spiro atoms. The molecule has 0 radical (unpaired) electrons. The molecule has 1 saturated carbocycles. The minimum Gasteiger partial charge on any atom is -0.390 e. The molecule has 0 bridgehead atoms. The molecule has 1 aliphatic rings. The van der Waals surface area contributed by atoms with Crippen molar-refractivity contribution < 1.29 is 5.11 Å². The van der Waals surface area contributed by atoms with Crippen molar-refractivity contribution >= 4 is 5.82 Å². The van der Waals surface area contributed by atoms with Gasteiger partial charge in [-0.2, -0.15) is 0 Å². The molecule has 1 aromatic heterocycles. The van der Waals surface area contributed by atoms with Gasteiger partial charge < -0.3 is 10.0 Å². The van der Waals surface area contributed by atoms with Crippen molar-refractivity contribution in [2.75, 3.05) is 18.5 Å². The summed E-state index contributed by atoms with van der Waals surface area (Å²) in [7, 11) is 2.05. The molecule has 0 amide bonds. The van der Waals surface area contributed by atoms with Crippen LogP contribution in [-0.4, -0.2) is 34.3 Å². The summed E-state index contributed by atoms with van der Waals surface area (Å²) >= 11 is 0. The third kappa shape index (κ3) is 3.92. The van der Waals surface area contributed by atoms with Gasteiger partial charge in [-0.1, -0.05) is 19.8 Å². The van der Waals surface area contributed by atoms with Crippen LogP contribution in [0.3, 0.4) is 0 Å². The number of nitrogens with zero attached hydrogens (tertiary/aromatic N) is 3. The van der Waals surface area contributed by atoms with E-state index in [2.05, 4.69) is 28.8 Å². The lowest BCUT2D eigenvalue weighted by Gasteiger charge is -2.26. The van der Waals surface area contributed by atoms with Crippen molar-refractivity contribution in [1.82, 2.24) is 9.97 Å². The van der Waals surface area contributed by atoms with Crippen LogP contribution in [0, 0.1) is 6.92 Å². The van der Waals surface area contributed by atoms with E-state index in [-0.39, 0.29) is 0 Å². The molecule has 2 rings (SSSR count). The van der Waals surface area contributed by atoms with Crippen LogP contribution in [0.15, 0.2) is 6.07 Å². The van der Waals surface area contributed by atoms with Crippen molar-refractivity contribution in [2.45, 2.75) is 64.4 Å². The number of aliphatic hydroxyl groups is 1. The molecule has 112 valence electrons. The molecular formula is C16H27N3O. The van der Waals surface area contributed by atoms with Gasteiger partial charge in [0.2, 0.25) is 0 Å². The van der Waals surface area contributed by atoms with Gasteiger partial charge in [-0.3, -0.25) is 0 Å². The van der Waals surface area contributed by atoms with Crippen molar-refractivity contribution in [2.24, 2.45) is 0 Å². The van der Waals surface area contributed by atoms with Crippen LogP contribution in [0.5, 0.6) is 0 Å². The van der Waals surface area contributed by atoms with Crippen LogP contribution >= 0.6 is 0 Å². The zero-order chi connectivity index (χ0) is 14.6. The normalized spacial score (nSPS) is 17.4. The molecule has 1 N–H and O–H groups in total. The van der Waals surface area contributed by atoms with E-state index in [1.807, 2.05) is 13.0 Å². The summed E-state index contributed by atoms with van der Waals surface area (Å²) in [5.74, 6) is 1.90. The van der Waals surface area contributed by atoms with Gasteiger partial charge in [-0.15, -0.1) is 0 Å². The zero-order valence-corrected chi connectivity index (χ0v) is 13.0. The highest BCUT2D eigenvalue weighted by Crippen LogP contribution is 2.32. The quantitative estimate of drug-likeness (QED) is 0.868. The van der Waals surface area contributed by atoms with Gasteiger partial charge in [0.1, 0.15) is 11.6 Å². The highest BCUT2D eigenvalue weighted by atomic mass is 16.3. The fraction of sp³-hybridized carbons (Fsp3) is 0.750. The van der Waals surface area contributed by atoms with E-state index in [1.54, 1.807) is 0 Å². The Morgan fingerprint density at radius 3 is 2.65 bits per heavy atom. The second kappa shape index (κ2) is 6.53. The van der Waals surface area contributed by atoms with E-state index in [9.17, 15) is 5.11 Å². The van der Waals surface area contributed by atoms with Crippen LogP contribution in [-0.2, 0) is 6.42 Å². The first-order chi connectivity index (χ1) is 9.52. The fourth-order valence-electron chi connectivity index (χ4n) is 2.92. The van der Waals surface area contributed by atoms with Crippen LogP contribution < -0.4 is 4.90 Å². The van der Waals surface area contributed by atoms with Gasteiger partial charge >= 0.3 is 0 Å². The third-order valence-corrected chi connectivity index (χ3v) is 4.20. The maximum Gasteiger partial charge on any atom is 0.132 e. The van der Waals surface area contributed by atoms with E-state index in [4.69, 9.17) is 0 Å². The largest absolute Gasteiger partial charge is 0.390 e. The molecule has 4 heteroatoms. The summed E-state index contributed by atoms with van der Waals surface area (Å²) in [5.41, 5.74) is 0.577. The van der Waals surface area contributed by atoms with Crippen LogP contribution in [0.25, 0.3) is 0 Å². The monoisotopic (exact) mass is 277 g/mol. The lowest BCUT2D eigenvalue weighted by Crippen LogP contribution is -2.31. The van der Waals surface area contributed by atoms with Crippen LogP contribution in [0.1, 0.15) is 57.0 Å². The molecule has 0 aliphatic heterocycles. The molecule has 1 aromatic rings. The predicted molar refractivity (Wildman–Crippen MR) is 82.1 cm³/mol. The molecular weight excluding hydrogens is 250 g/mol. The second-order valence-corrected chi connectivity index (χ2v) is 6.14. The molecule has 1 heterocycles. The number of hydrogen-bond donors (Lipinski definition) is 1. The maximum absolute atomic E-state index is 10.4. The Morgan fingerprint density at radius 1 is 1.30 bits per heavy atom. The highest BCUT2D eigenvalue weighted by Gasteiger charge is 2.30. The SMILES string of the molecule is CCCc1nc(C)cc(N(C)CCC2(O)CCCC2)n1. The van der Waals surface area contributed by atoms with Gasteiger partial charge in [0.25, 0.3) is 0 Å². The van der Waals surface area contributed by atoms with E-state index < -0.39 is 5.60 Å². The first-order valence-corrected chi connectivity index (χ1v) is 7.80. The number of anilines is 1. The molecule has 1 fully saturated rings. The van der Waals surface area contributed by atoms with Crippen molar-refractivity contribution in [3.8, 4) is 0 Å². The molecule has 0 saturated heterocycles.